The molecule has 4 rings (SSSR count). The average Bonchev–Trinajstić information content (AvgIpc) is 3.16. The number of β-amino-alcohol motifs (C(OH)–C–C–N with tert-alkyl or cyclic N) is 1. The van der Waals surface area contributed by atoms with Gasteiger partial charge in [-0.1, -0.05) is 13.0 Å². The fourth-order valence-corrected chi connectivity index (χ4v) is 5.91. The number of rotatable bonds is 5. The molecule has 28 heavy (non-hydrogen) atoms. The van der Waals surface area contributed by atoms with Crippen LogP contribution < -0.4 is 4.74 Å². The zero-order valence-corrected chi connectivity index (χ0v) is 17.4. The van der Waals surface area contributed by atoms with Crippen LogP contribution in [0.1, 0.15) is 37.0 Å². The number of hydrogen-bond acceptors (Lipinski definition) is 5. The van der Waals surface area contributed by atoms with Gasteiger partial charge in [-0.2, -0.15) is 17.0 Å². The number of nitrogens with zero attached hydrogens (tertiary/aromatic N) is 3. The average molecular weight is 410 g/mol. The van der Waals surface area contributed by atoms with Crippen molar-refractivity contribution in [3.8, 4) is 5.75 Å². The van der Waals surface area contributed by atoms with Crippen LogP contribution in [0.15, 0.2) is 18.2 Å². The molecular formula is C20H31N3O4S. The Kier molecular flexibility index (Phi) is 5.94. The van der Waals surface area contributed by atoms with E-state index in [9.17, 15) is 13.5 Å². The Hall–Kier alpha value is -1.19. The minimum absolute atomic E-state index is 0.485. The van der Waals surface area contributed by atoms with Gasteiger partial charge in [0, 0.05) is 52.2 Å². The molecule has 3 aliphatic heterocycles. The molecule has 2 saturated heterocycles. The smallest absolute Gasteiger partial charge is 0.282 e. The maximum atomic E-state index is 12.9. The number of piperidine rings is 1. The molecule has 2 fully saturated rings. The zero-order valence-electron chi connectivity index (χ0n) is 16.6. The van der Waals surface area contributed by atoms with Gasteiger partial charge in [-0.05, 0) is 42.0 Å². The third-order valence-corrected chi connectivity index (χ3v) is 8.29. The SMILES string of the molecule is CC1CCN(S(=O)(=O)N2CCN(C[C@H](O)c3ccc4c(c3)CCO4)CC2)CC1. The Labute approximate surface area is 168 Å². The Morgan fingerprint density at radius 2 is 1.79 bits per heavy atom. The number of piperazine rings is 1. The summed E-state index contributed by atoms with van der Waals surface area (Å²) in [7, 11) is -3.36. The highest BCUT2D eigenvalue weighted by atomic mass is 32.2. The molecule has 0 aliphatic carbocycles. The van der Waals surface area contributed by atoms with E-state index in [1.54, 1.807) is 8.61 Å². The largest absolute Gasteiger partial charge is 0.493 e. The summed E-state index contributed by atoms with van der Waals surface area (Å²) in [5.74, 6) is 1.53. The minimum atomic E-state index is -3.36. The van der Waals surface area contributed by atoms with Crippen LogP contribution in [-0.4, -0.2) is 79.5 Å². The molecule has 0 amide bonds. The van der Waals surface area contributed by atoms with E-state index < -0.39 is 16.3 Å². The van der Waals surface area contributed by atoms with Gasteiger partial charge < -0.3 is 9.84 Å². The molecular weight excluding hydrogens is 378 g/mol. The Morgan fingerprint density at radius 3 is 2.50 bits per heavy atom. The second-order valence-electron chi connectivity index (χ2n) is 8.27. The van der Waals surface area contributed by atoms with E-state index in [1.807, 2.05) is 18.2 Å². The lowest BCUT2D eigenvalue weighted by Gasteiger charge is -2.39. The summed E-state index contributed by atoms with van der Waals surface area (Å²) >= 11 is 0. The van der Waals surface area contributed by atoms with E-state index in [4.69, 9.17) is 4.74 Å². The topological polar surface area (TPSA) is 73.3 Å². The summed E-state index contributed by atoms with van der Waals surface area (Å²) < 4.78 is 34.5. The van der Waals surface area contributed by atoms with E-state index in [2.05, 4.69) is 11.8 Å². The summed E-state index contributed by atoms with van der Waals surface area (Å²) in [6.45, 7) is 6.94. The fourth-order valence-electron chi connectivity index (χ4n) is 4.29. The van der Waals surface area contributed by atoms with Crippen molar-refractivity contribution in [2.45, 2.75) is 32.3 Å². The first-order chi connectivity index (χ1) is 13.4. The summed E-state index contributed by atoms with van der Waals surface area (Å²) in [5, 5.41) is 10.6. The predicted molar refractivity (Wildman–Crippen MR) is 108 cm³/mol. The monoisotopic (exact) mass is 409 g/mol. The van der Waals surface area contributed by atoms with E-state index >= 15 is 0 Å². The molecule has 3 aliphatic rings. The van der Waals surface area contributed by atoms with Crippen molar-refractivity contribution < 1.29 is 18.3 Å². The third-order valence-electron chi connectivity index (χ3n) is 6.26. The first-order valence-corrected chi connectivity index (χ1v) is 11.7. The molecule has 1 atom stereocenters. The molecule has 0 bridgehead atoms. The Bertz CT molecular complexity index is 785. The molecule has 0 radical (unpaired) electrons. The number of aliphatic hydroxyl groups is 1. The van der Waals surface area contributed by atoms with Gasteiger partial charge in [0.05, 0.1) is 12.7 Å². The van der Waals surface area contributed by atoms with Crippen molar-refractivity contribution in [2.75, 3.05) is 52.4 Å². The number of benzene rings is 1. The molecule has 1 aromatic rings. The van der Waals surface area contributed by atoms with Crippen LogP contribution in [0.3, 0.4) is 0 Å². The number of aliphatic hydroxyl groups excluding tert-OH is 1. The molecule has 3 heterocycles. The first-order valence-electron chi connectivity index (χ1n) is 10.3. The van der Waals surface area contributed by atoms with Crippen molar-refractivity contribution in [3.05, 3.63) is 29.3 Å². The molecule has 0 saturated carbocycles. The highest BCUT2D eigenvalue weighted by molar-refractivity contribution is 7.86. The Morgan fingerprint density at radius 1 is 1.11 bits per heavy atom. The van der Waals surface area contributed by atoms with Gasteiger partial charge in [0.25, 0.3) is 10.2 Å². The van der Waals surface area contributed by atoms with Crippen LogP contribution in [0.5, 0.6) is 5.75 Å². The second-order valence-corrected chi connectivity index (χ2v) is 10.2. The van der Waals surface area contributed by atoms with Crippen LogP contribution in [0.4, 0.5) is 0 Å². The van der Waals surface area contributed by atoms with Crippen molar-refractivity contribution in [1.82, 2.24) is 13.5 Å². The summed E-state index contributed by atoms with van der Waals surface area (Å²) in [5.41, 5.74) is 2.06. The molecule has 0 aromatic heterocycles. The van der Waals surface area contributed by atoms with Gasteiger partial charge in [0.1, 0.15) is 5.75 Å². The lowest BCUT2D eigenvalue weighted by Crippen LogP contribution is -2.54. The first kappa shape index (κ1) is 20.1. The minimum Gasteiger partial charge on any atom is -0.493 e. The second kappa shape index (κ2) is 8.28. The summed E-state index contributed by atoms with van der Waals surface area (Å²) in [4.78, 5) is 2.15. The molecule has 156 valence electrons. The highest BCUT2D eigenvalue weighted by Crippen LogP contribution is 2.29. The molecule has 0 unspecified atom stereocenters. The number of fused-ring (bicyclic) bond motifs is 1. The lowest BCUT2D eigenvalue weighted by atomic mass is 10.0. The quantitative estimate of drug-likeness (QED) is 0.792. The van der Waals surface area contributed by atoms with Crippen LogP contribution in [0.25, 0.3) is 0 Å². The zero-order chi connectivity index (χ0) is 19.7. The maximum Gasteiger partial charge on any atom is 0.282 e. The Balaban J connectivity index is 1.30. The van der Waals surface area contributed by atoms with Gasteiger partial charge in [-0.15, -0.1) is 0 Å². The fraction of sp³-hybridized carbons (Fsp3) is 0.700. The van der Waals surface area contributed by atoms with Crippen LogP contribution in [0, 0.1) is 5.92 Å². The van der Waals surface area contributed by atoms with Gasteiger partial charge in [-0.25, -0.2) is 0 Å². The van der Waals surface area contributed by atoms with Crippen molar-refractivity contribution in [3.63, 3.8) is 0 Å². The van der Waals surface area contributed by atoms with Crippen molar-refractivity contribution in [1.29, 1.82) is 0 Å². The maximum absolute atomic E-state index is 12.9. The van der Waals surface area contributed by atoms with E-state index in [-0.39, 0.29) is 0 Å². The van der Waals surface area contributed by atoms with Crippen molar-refractivity contribution in [2.24, 2.45) is 5.92 Å². The van der Waals surface area contributed by atoms with Crippen LogP contribution in [0.2, 0.25) is 0 Å². The van der Waals surface area contributed by atoms with Crippen LogP contribution in [-0.2, 0) is 16.6 Å². The van der Waals surface area contributed by atoms with Crippen molar-refractivity contribution >= 4 is 10.2 Å². The van der Waals surface area contributed by atoms with E-state index in [0.29, 0.717) is 58.3 Å². The number of hydrogen-bond donors (Lipinski definition) is 1. The van der Waals surface area contributed by atoms with E-state index in [0.717, 1.165) is 36.1 Å². The standard InChI is InChI=1S/C20H31N3O4S/c1-16-4-7-22(8-5-16)28(25,26)23-11-9-21(10-12-23)15-19(24)17-2-3-20-18(14-17)6-13-27-20/h2-3,14,16,19,24H,4-13,15H2,1H3/t19-/m0/s1. The van der Waals surface area contributed by atoms with Gasteiger partial charge in [0.2, 0.25) is 0 Å². The number of ether oxygens (including phenoxy) is 1. The molecule has 0 spiro atoms. The predicted octanol–water partition coefficient (Wildman–Crippen LogP) is 1.25. The van der Waals surface area contributed by atoms with Gasteiger partial charge in [0.15, 0.2) is 0 Å². The van der Waals surface area contributed by atoms with E-state index in [1.165, 1.54) is 0 Å². The molecule has 8 heteroatoms. The van der Waals surface area contributed by atoms with Crippen LogP contribution >= 0.6 is 0 Å². The lowest BCUT2D eigenvalue weighted by molar-refractivity contribution is 0.0902. The normalized spacial score (nSPS) is 24.1. The molecule has 7 nitrogen and oxygen atoms in total. The highest BCUT2D eigenvalue weighted by Gasteiger charge is 2.34. The summed E-state index contributed by atoms with van der Waals surface area (Å²) in [6.07, 6.45) is 2.20. The molecule has 1 N–H and O–H groups in total. The van der Waals surface area contributed by atoms with Gasteiger partial charge >= 0.3 is 0 Å². The summed E-state index contributed by atoms with van der Waals surface area (Å²) in [6, 6.07) is 5.89. The van der Waals surface area contributed by atoms with Gasteiger partial charge in [-0.3, -0.25) is 4.90 Å². The molecule has 1 aromatic carbocycles. The third kappa shape index (κ3) is 4.21.